The fourth-order valence-corrected chi connectivity index (χ4v) is 3.92. The van der Waals surface area contributed by atoms with Crippen LogP contribution in [0.25, 0.3) is 0 Å². The van der Waals surface area contributed by atoms with E-state index in [1.807, 2.05) is 0 Å². The summed E-state index contributed by atoms with van der Waals surface area (Å²) in [7, 11) is 1.54. The van der Waals surface area contributed by atoms with E-state index in [1.165, 1.54) is 16.7 Å². The second kappa shape index (κ2) is 9.36. The Morgan fingerprint density at radius 2 is 2.12 bits per heavy atom. The highest BCUT2D eigenvalue weighted by atomic mass is 35.5. The van der Waals surface area contributed by atoms with Crippen LogP contribution in [0.5, 0.6) is 0 Å². The number of benzene rings is 1. The summed E-state index contributed by atoms with van der Waals surface area (Å²) in [6, 6.07) is 4.45. The zero-order valence-corrected chi connectivity index (χ0v) is 18.4. The first-order valence-corrected chi connectivity index (χ1v) is 10.8. The summed E-state index contributed by atoms with van der Waals surface area (Å²) in [5.41, 5.74) is -0.293. The van der Waals surface area contributed by atoms with Gasteiger partial charge in [-0.15, -0.1) is 0 Å². The van der Waals surface area contributed by atoms with E-state index in [-0.39, 0.29) is 43.1 Å². The molecule has 1 unspecified atom stereocenters. The van der Waals surface area contributed by atoms with Crippen LogP contribution in [0, 0.1) is 17.7 Å². The lowest BCUT2D eigenvalue weighted by atomic mass is 9.96. The van der Waals surface area contributed by atoms with Gasteiger partial charge in [0, 0.05) is 13.6 Å². The van der Waals surface area contributed by atoms with Crippen LogP contribution in [0.2, 0.25) is 5.02 Å². The second-order valence-electron chi connectivity index (χ2n) is 7.83. The predicted molar refractivity (Wildman–Crippen MR) is 119 cm³/mol. The fourth-order valence-electron chi connectivity index (χ4n) is 3.80. The summed E-state index contributed by atoms with van der Waals surface area (Å²) < 4.78 is 22.0. The van der Waals surface area contributed by atoms with Crippen LogP contribution >= 0.6 is 11.6 Å². The number of rotatable bonds is 6. The molecule has 0 saturated heterocycles. The molecular formula is C22H24ClFN4O4. The normalized spacial score (nSPS) is 17.4. The Morgan fingerprint density at radius 1 is 1.34 bits per heavy atom. The van der Waals surface area contributed by atoms with Crippen molar-refractivity contribution in [1.29, 1.82) is 0 Å². The second-order valence-corrected chi connectivity index (χ2v) is 8.24. The van der Waals surface area contributed by atoms with Gasteiger partial charge in [0.1, 0.15) is 23.9 Å². The number of anilines is 2. The van der Waals surface area contributed by atoms with Crippen molar-refractivity contribution >= 4 is 23.1 Å². The van der Waals surface area contributed by atoms with Crippen molar-refractivity contribution in [2.45, 2.75) is 44.6 Å². The van der Waals surface area contributed by atoms with Crippen LogP contribution in [0.1, 0.15) is 24.8 Å². The van der Waals surface area contributed by atoms with Gasteiger partial charge in [0.15, 0.2) is 6.17 Å². The molecule has 1 aromatic heterocycles. The van der Waals surface area contributed by atoms with E-state index in [0.717, 1.165) is 23.8 Å². The number of ether oxygens (including phenoxy) is 1. The van der Waals surface area contributed by atoms with E-state index in [0.29, 0.717) is 11.4 Å². The minimum absolute atomic E-state index is 0.0115. The van der Waals surface area contributed by atoms with Gasteiger partial charge in [-0.05, 0) is 37.0 Å². The number of nitrogens with zero attached hydrogens (tertiary/aromatic N) is 3. The first-order valence-electron chi connectivity index (χ1n) is 10.4. The largest absolute Gasteiger partial charge is 0.395 e. The molecule has 1 saturated carbocycles. The van der Waals surface area contributed by atoms with Gasteiger partial charge < -0.3 is 20.1 Å². The SMILES string of the molecule is Cn1c2c(c(=O)n(CCO)c1=O)NC(C#CCOC1CCC1)N2Cc1ccc(Cl)c(F)c1. The van der Waals surface area contributed by atoms with Crippen LogP contribution in [0.3, 0.4) is 0 Å². The van der Waals surface area contributed by atoms with Crippen LogP contribution in [0.15, 0.2) is 27.8 Å². The Bertz CT molecular complexity index is 1200. The molecule has 32 heavy (non-hydrogen) atoms. The molecule has 8 nitrogen and oxygen atoms in total. The third kappa shape index (κ3) is 4.26. The summed E-state index contributed by atoms with van der Waals surface area (Å²) in [4.78, 5) is 27.4. The molecule has 170 valence electrons. The molecule has 2 N–H and O–H groups in total. The number of fused-ring (bicyclic) bond motifs is 1. The smallest absolute Gasteiger partial charge is 0.332 e. The standard InChI is InChI=1S/C22H24ClFN4O4/c1-26-20-19(21(30)27(9-10-29)22(26)31)25-18(6-3-11-32-15-4-2-5-15)28(20)13-14-7-8-16(23)17(24)12-14/h7-8,12,15,18,25,29H,2,4-5,9-11,13H2,1H3. The van der Waals surface area contributed by atoms with Crippen molar-refractivity contribution in [1.82, 2.24) is 9.13 Å². The Kier molecular flexibility index (Phi) is 6.55. The number of aromatic nitrogens is 2. The van der Waals surface area contributed by atoms with E-state index in [4.69, 9.17) is 16.3 Å². The van der Waals surface area contributed by atoms with Gasteiger partial charge in [-0.1, -0.05) is 29.5 Å². The molecule has 2 heterocycles. The molecule has 0 spiro atoms. The maximum Gasteiger partial charge on any atom is 0.332 e. The lowest BCUT2D eigenvalue weighted by Gasteiger charge is -2.25. The summed E-state index contributed by atoms with van der Waals surface area (Å²) in [5.74, 6) is 5.84. The minimum atomic E-state index is -0.628. The maximum atomic E-state index is 14.0. The van der Waals surface area contributed by atoms with Gasteiger partial charge in [-0.2, -0.15) is 0 Å². The number of halogens is 2. The maximum absolute atomic E-state index is 14.0. The topological polar surface area (TPSA) is 88.7 Å². The molecular weight excluding hydrogens is 439 g/mol. The highest BCUT2D eigenvalue weighted by Crippen LogP contribution is 2.32. The number of aliphatic hydroxyl groups excluding tert-OH is 1. The number of nitrogens with one attached hydrogen (secondary N) is 1. The van der Waals surface area contributed by atoms with Crippen molar-refractivity contribution in [3.8, 4) is 11.8 Å². The zero-order valence-electron chi connectivity index (χ0n) is 17.6. The molecule has 0 radical (unpaired) electrons. The molecule has 1 aromatic carbocycles. The number of aliphatic hydroxyl groups is 1. The third-order valence-electron chi connectivity index (χ3n) is 5.73. The van der Waals surface area contributed by atoms with Crippen molar-refractivity contribution in [2.75, 3.05) is 23.4 Å². The molecule has 2 aliphatic rings. The lowest BCUT2D eigenvalue weighted by Crippen LogP contribution is -2.41. The molecule has 2 aromatic rings. The molecule has 1 fully saturated rings. The molecule has 0 bridgehead atoms. The van der Waals surface area contributed by atoms with E-state index < -0.39 is 23.2 Å². The Hall–Kier alpha value is -2.80. The monoisotopic (exact) mass is 462 g/mol. The summed E-state index contributed by atoms with van der Waals surface area (Å²) >= 11 is 5.80. The highest BCUT2D eigenvalue weighted by molar-refractivity contribution is 6.30. The molecule has 4 rings (SSSR count). The molecule has 1 aliphatic carbocycles. The van der Waals surface area contributed by atoms with Gasteiger partial charge in [0.05, 0.1) is 24.3 Å². The average Bonchev–Trinajstić information content (AvgIpc) is 3.09. The van der Waals surface area contributed by atoms with Crippen LogP contribution in [0.4, 0.5) is 15.9 Å². The van der Waals surface area contributed by atoms with Gasteiger partial charge >= 0.3 is 5.69 Å². The summed E-state index contributed by atoms with van der Waals surface area (Å²) in [5, 5.41) is 12.3. The number of hydrogen-bond acceptors (Lipinski definition) is 6. The van der Waals surface area contributed by atoms with Crippen LogP contribution in [-0.4, -0.2) is 39.7 Å². The fraction of sp³-hybridized carbons (Fsp3) is 0.455. The average molecular weight is 463 g/mol. The Labute approximate surface area is 189 Å². The van der Waals surface area contributed by atoms with E-state index in [9.17, 15) is 19.1 Å². The summed E-state index contributed by atoms with van der Waals surface area (Å²) in [6.07, 6.45) is 2.86. The summed E-state index contributed by atoms with van der Waals surface area (Å²) in [6.45, 7) is -0.0121. The molecule has 1 atom stereocenters. The molecule has 1 aliphatic heterocycles. The molecule has 10 heteroatoms. The van der Waals surface area contributed by atoms with Gasteiger partial charge in [0.25, 0.3) is 5.56 Å². The molecule has 0 amide bonds. The van der Waals surface area contributed by atoms with Crippen molar-refractivity contribution in [2.24, 2.45) is 7.05 Å². The van der Waals surface area contributed by atoms with Crippen molar-refractivity contribution < 1.29 is 14.2 Å². The van der Waals surface area contributed by atoms with E-state index in [1.54, 1.807) is 18.0 Å². The van der Waals surface area contributed by atoms with E-state index >= 15 is 0 Å². The quantitative estimate of drug-likeness (QED) is 0.635. The zero-order chi connectivity index (χ0) is 22.8. The van der Waals surface area contributed by atoms with Crippen molar-refractivity contribution in [3.05, 3.63) is 55.4 Å². The van der Waals surface area contributed by atoms with Crippen LogP contribution < -0.4 is 21.5 Å². The van der Waals surface area contributed by atoms with Gasteiger partial charge in [-0.3, -0.25) is 13.9 Å². The third-order valence-corrected chi connectivity index (χ3v) is 6.03. The predicted octanol–water partition coefficient (Wildman–Crippen LogP) is 1.66. The van der Waals surface area contributed by atoms with E-state index in [2.05, 4.69) is 17.2 Å². The Morgan fingerprint density at radius 3 is 2.78 bits per heavy atom. The van der Waals surface area contributed by atoms with Crippen LogP contribution in [-0.2, 0) is 24.9 Å². The first kappa shape index (κ1) is 22.4. The minimum Gasteiger partial charge on any atom is -0.395 e. The Balaban J connectivity index is 1.70. The first-order chi connectivity index (χ1) is 15.4. The van der Waals surface area contributed by atoms with Gasteiger partial charge in [-0.25, -0.2) is 9.18 Å². The number of hydrogen-bond donors (Lipinski definition) is 2. The van der Waals surface area contributed by atoms with Gasteiger partial charge in [0.2, 0.25) is 0 Å². The highest BCUT2D eigenvalue weighted by Gasteiger charge is 2.34. The van der Waals surface area contributed by atoms with Crippen molar-refractivity contribution in [3.63, 3.8) is 0 Å². The lowest BCUT2D eigenvalue weighted by molar-refractivity contribution is 0.0216.